The van der Waals surface area contributed by atoms with Crippen molar-refractivity contribution in [3.8, 4) is 5.75 Å². The third-order valence-corrected chi connectivity index (χ3v) is 4.17. The molecule has 114 valence electrons. The molecule has 3 rings (SSSR count). The molecule has 1 aliphatic carbocycles. The minimum absolute atomic E-state index is 0.0206. The molecule has 0 radical (unpaired) electrons. The largest absolute Gasteiger partial charge is 0.496 e. The molecule has 0 saturated carbocycles. The van der Waals surface area contributed by atoms with E-state index < -0.39 is 0 Å². The molecule has 0 fully saturated rings. The van der Waals surface area contributed by atoms with Gasteiger partial charge < -0.3 is 9.84 Å². The van der Waals surface area contributed by atoms with Gasteiger partial charge in [-0.05, 0) is 30.9 Å². The van der Waals surface area contributed by atoms with Gasteiger partial charge in [0.05, 0.1) is 19.8 Å². The smallest absolute Gasteiger partial charge is 0.122 e. The second-order valence-corrected chi connectivity index (χ2v) is 5.52. The monoisotopic (exact) mass is 295 g/mol. The molecule has 1 atom stereocenters. The van der Waals surface area contributed by atoms with Gasteiger partial charge in [-0.2, -0.15) is 0 Å². The van der Waals surface area contributed by atoms with Crippen LogP contribution in [0.25, 0.3) is 0 Å². The van der Waals surface area contributed by atoms with Crippen LogP contribution in [0.5, 0.6) is 5.75 Å². The molecule has 0 heterocycles. The van der Waals surface area contributed by atoms with Crippen molar-refractivity contribution in [3.63, 3.8) is 0 Å². The van der Waals surface area contributed by atoms with Crippen LogP contribution in [0.4, 0.5) is 0 Å². The topological polar surface area (TPSA) is 41.8 Å². The maximum absolute atomic E-state index is 9.73. The number of aliphatic imine (C=N–C) groups is 1. The number of hydrogen-bond acceptors (Lipinski definition) is 3. The Hall–Kier alpha value is -2.13. The molecule has 1 aliphatic rings. The fourth-order valence-corrected chi connectivity index (χ4v) is 3.07. The van der Waals surface area contributed by atoms with Crippen molar-refractivity contribution in [2.24, 2.45) is 4.99 Å². The first-order valence-electron chi connectivity index (χ1n) is 7.72. The Kier molecular flexibility index (Phi) is 4.54. The summed E-state index contributed by atoms with van der Waals surface area (Å²) in [7, 11) is 1.71. The number of hydrogen-bond donors (Lipinski definition) is 1. The number of methoxy groups -OCH3 is 1. The maximum Gasteiger partial charge on any atom is 0.122 e. The molecular formula is C19H21NO2. The van der Waals surface area contributed by atoms with E-state index in [-0.39, 0.29) is 12.6 Å². The third-order valence-electron chi connectivity index (χ3n) is 4.17. The van der Waals surface area contributed by atoms with Crippen molar-refractivity contribution in [3.05, 3.63) is 65.2 Å². The zero-order chi connectivity index (χ0) is 15.4. The summed E-state index contributed by atoms with van der Waals surface area (Å²) < 4.78 is 5.47. The number of ether oxygens (including phenoxy) is 1. The first-order chi connectivity index (χ1) is 10.8. The molecule has 2 aromatic carbocycles. The van der Waals surface area contributed by atoms with E-state index in [4.69, 9.17) is 9.73 Å². The van der Waals surface area contributed by atoms with Crippen LogP contribution < -0.4 is 4.74 Å². The Bertz CT molecular complexity index is 664. The molecule has 22 heavy (non-hydrogen) atoms. The Morgan fingerprint density at radius 1 is 1.09 bits per heavy atom. The molecular weight excluding hydrogens is 274 g/mol. The number of benzene rings is 2. The molecule has 0 aliphatic heterocycles. The Balaban J connectivity index is 1.99. The van der Waals surface area contributed by atoms with Gasteiger partial charge in [-0.25, -0.2) is 0 Å². The van der Waals surface area contributed by atoms with Gasteiger partial charge in [-0.15, -0.1) is 0 Å². The SMILES string of the molecule is COc1cccc2c1CCC/C2=N\[C@H](CO)c1ccccc1. The minimum Gasteiger partial charge on any atom is -0.496 e. The standard InChI is InChI=1S/C19H21NO2/c1-22-19-12-6-9-15-16(19)10-5-11-17(15)20-18(13-21)14-7-3-2-4-8-14/h2-4,6-9,12,18,21H,5,10-11,13H2,1H3/b20-17+/t18-/m1/s1. The lowest BCUT2D eigenvalue weighted by Gasteiger charge is -2.22. The highest BCUT2D eigenvalue weighted by atomic mass is 16.5. The number of aliphatic hydroxyl groups is 1. The van der Waals surface area contributed by atoms with Gasteiger partial charge >= 0.3 is 0 Å². The van der Waals surface area contributed by atoms with E-state index in [2.05, 4.69) is 6.07 Å². The average Bonchev–Trinajstić information content (AvgIpc) is 2.60. The fraction of sp³-hybridized carbons (Fsp3) is 0.316. The second-order valence-electron chi connectivity index (χ2n) is 5.52. The van der Waals surface area contributed by atoms with Gasteiger partial charge in [0.25, 0.3) is 0 Å². The van der Waals surface area contributed by atoms with Crippen LogP contribution in [0.2, 0.25) is 0 Å². The molecule has 0 bridgehead atoms. The number of rotatable bonds is 4. The summed E-state index contributed by atoms with van der Waals surface area (Å²) in [5.41, 5.74) is 4.52. The van der Waals surface area contributed by atoms with Crippen molar-refractivity contribution < 1.29 is 9.84 Å². The zero-order valence-corrected chi connectivity index (χ0v) is 12.8. The summed E-state index contributed by atoms with van der Waals surface area (Å²) in [6, 6.07) is 15.9. The minimum atomic E-state index is -0.201. The van der Waals surface area contributed by atoms with E-state index in [9.17, 15) is 5.11 Å². The van der Waals surface area contributed by atoms with Gasteiger partial charge in [-0.3, -0.25) is 4.99 Å². The molecule has 0 aromatic heterocycles. The van der Waals surface area contributed by atoms with E-state index in [1.165, 1.54) is 11.1 Å². The average molecular weight is 295 g/mol. The summed E-state index contributed by atoms with van der Waals surface area (Å²) >= 11 is 0. The summed E-state index contributed by atoms with van der Waals surface area (Å²) in [4.78, 5) is 4.85. The van der Waals surface area contributed by atoms with Crippen LogP contribution in [0.15, 0.2) is 53.5 Å². The Morgan fingerprint density at radius 3 is 2.64 bits per heavy atom. The number of aliphatic hydroxyl groups excluding tert-OH is 1. The van der Waals surface area contributed by atoms with E-state index in [0.29, 0.717) is 0 Å². The predicted octanol–water partition coefficient (Wildman–Crippen LogP) is 3.55. The van der Waals surface area contributed by atoms with Crippen LogP contribution in [0.1, 0.15) is 35.6 Å². The Labute approximate surface area is 131 Å². The zero-order valence-electron chi connectivity index (χ0n) is 12.8. The second kappa shape index (κ2) is 6.75. The molecule has 0 amide bonds. The van der Waals surface area contributed by atoms with Gasteiger partial charge in [0.15, 0.2) is 0 Å². The van der Waals surface area contributed by atoms with Crippen molar-refractivity contribution >= 4 is 5.71 Å². The first-order valence-corrected chi connectivity index (χ1v) is 7.72. The molecule has 0 unspecified atom stereocenters. The first kappa shape index (κ1) is 14.8. The summed E-state index contributed by atoms with van der Waals surface area (Å²) in [5, 5.41) is 9.73. The highest BCUT2D eigenvalue weighted by Gasteiger charge is 2.20. The fourth-order valence-electron chi connectivity index (χ4n) is 3.07. The molecule has 1 N–H and O–H groups in total. The van der Waals surface area contributed by atoms with Crippen LogP contribution in [-0.2, 0) is 6.42 Å². The highest BCUT2D eigenvalue weighted by molar-refractivity contribution is 6.03. The van der Waals surface area contributed by atoms with Crippen LogP contribution in [0.3, 0.4) is 0 Å². The maximum atomic E-state index is 9.73. The molecule has 3 nitrogen and oxygen atoms in total. The van der Waals surface area contributed by atoms with E-state index in [1.807, 2.05) is 42.5 Å². The van der Waals surface area contributed by atoms with Crippen LogP contribution in [0, 0.1) is 0 Å². The molecule has 3 heteroatoms. The summed E-state index contributed by atoms with van der Waals surface area (Å²) in [6.07, 6.45) is 3.04. The van der Waals surface area contributed by atoms with Gasteiger partial charge in [0, 0.05) is 16.8 Å². The van der Waals surface area contributed by atoms with Crippen molar-refractivity contribution in [2.45, 2.75) is 25.3 Å². The lowest BCUT2D eigenvalue weighted by atomic mass is 9.89. The molecule has 0 saturated heterocycles. The van der Waals surface area contributed by atoms with Crippen molar-refractivity contribution in [1.29, 1.82) is 0 Å². The number of nitrogens with zero attached hydrogens (tertiary/aromatic N) is 1. The van der Waals surface area contributed by atoms with E-state index in [0.717, 1.165) is 36.3 Å². The third kappa shape index (κ3) is 2.90. The van der Waals surface area contributed by atoms with E-state index >= 15 is 0 Å². The van der Waals surface area contributed by atoms with Crippen LogP contribution >= 0.6 is 0 Å². The normalized spacial score (nSPS) is 17.1. The molecule has 2 aromatic rings. The lowest BCUT2D eigenvalue weighted by molar-refractivity contribution is 0.269. The van der Waals surface area contributed by atoms with Crippen molar-refractivity contribution in [1.82, 2.24) is 0 Å². The summed E-state index contributed by atoms with van der Waals surface area (Å²) in [6.45, 7) is 0.0206. The van der Waals surface area contributed by atoms with Crippen LogP contribution in [-0.4, -0.2) is 24.5 Å². The highest BCUT2D eigenvalue weighted by Crippen LogP contribution is 2.31. The summed E-state index contributed by atoms with van der Waals surface area (Å²) in [5.74, 6) is 0.935. The van der Waals surface area contributed by atoms with Crippen molar-refractivity contribution in [2.75, 3.05) is 13.7 Å². The molecule has 0 spiro atoms. The van der Waals surface area contributed by atoms with Gasteiger partial charge in [0.2, 0.25) is 0 Å². The van der Waals surface area contributed by atoms with Gasteiger partial charge in [0.1, 0.15) is 5.75 Å². The predicted molar refractivity (Wildman–Crippen MR) is 88.7 cm³/mol. The quantitative estimate of drug-likeness (QED) is 0.937. The Morgan fingerprint density at radius 2 is 1.91 bits per heavy atom. The lowest BCUT2D eigenvalue weighted by Crippen LogP contribution is -2.15. The van der Waals surface area contributed by atoms with E-state index in [1.54, 1.807) is 7.11 Å². The number of fused-ring (bicyclic) bond motifs is 1. The van der Waals surface area contributed by atoms with Gasteiger partial charge in [-0.1, -0.05) is 42.5 Å².